The molecule has 0 saturated heterocycles. The van der Waals surface area contributed by atoms with Crippen LogP contribution >= 0.6 is 0 Å². The lowest BCUT2D eigenvalue weighted by molar-refractivity contribution is -0.142. The van der Waals surface area contributed by atoms with Crippen molar-refractivity contribution in [3.8, 4) is 0 Å². The highest BCUT2D eigenvalue weighted by Crippen LogP contribution is 2.14. The maximum absolute atomic E-state index is 13.6. The van der Waals surface area contributed by atoms with Crippen LogP contribution in [0.4, 0.5) is 0 Å². The number of nitrogens with two attached hydrogens (primary N) is 2. The molecule has 0 aliphatic carbocycles. The van der Waals surface area contributed by atoms with Gasteiger partial charge in [-0.15, -0.1) is 0 Å². The number of nitrogens with one attached hydrogen (secondary N) is 5. The number of aryl methyl sites for hydroxylation is 1. The Bertz CT molecular complexity index is 2060. The highest BCUT2D eigenvalue weighted by atomic mass is 16.4. The quantitative estimate of drug-likeness (QED) is 0.0384. The maximum Gasteiger partial charge on any atom is 0.326 e. The number of aliphatic carboxylic acids is 1. The van der Waals surface area contributed by atoms with E-state index < -0.39 is 84.1 Å². The number of carbonyl (C=O) groups excluding carboxylic acids is 7. The van der Waals surface area contributed by atoms with Crippen LogP contribution in [-0.2, 0) is 57.6 Å². The molecule has 69 heavy (non-hydrogen) atoms. The van der Waals surface area contributed by atoms with Crippen molar-refractivity contribution < 1.29 is 48.6 Å². The summed E-state index contributed by atoms with van der Waals surface area (Å²) in [6.07, 6.45) is 10.4. The van der Waals surface area contributed by atoms with Crippen LogP contribution in [0.5, 0.6) is 0 Å². The average Bonchev–Trinajstić information content (AvgIpc) is 3.32. The number of carboxylic acid groups (broad SMARTS) is 1. The van der Waals surface area contributed by atoms with Gasteiger partial charge in [-0.2, -0.15) is 0 Å². The minimum atomic E-state index is -1.31. The minimum absolute atomic E-state index is 0.0326. The van der Waals surface area contributed by atoms with Gasteiger partial charge in [-0.05, 0) is 49.3 Å². The molecule has 376 valence electrons. The van der Waals surface area contributed by atoms with E-state index in [0.29, 0.717) is 24.8 Å². The third-order valence-corrected chi connectivity index (χ3v) is 11.7. The van der Waals surface area contributed by atoms with Crippen molar-refractivity contribution in [1.29, 1.82) is 0 Å². The second-order valence-electron chi connectivity index (χ2n) is 17.6. The van der Waals surface area contributed by atoms with Crippen molar-refractivity contribution in [3.05, 3.63) is 108 Å². The molecule has 0 unspecified atom stereocenters. The van der Waals surface area contributed by atoms with Gasteiger partial charge in [-0.1, -0.05) is 155 Å². The number of benzene rings is 3. The smallest absolute Gasteiger partial charge is 0.326 e. The second-order valence-corrected chi connectivity index (χ2v) is 17.6. The molecule has 0 heterocycles. The van der Waals surface area contributed by atoms with Gasteiger partial charge in [0.25, 0.3) is 0 Å². The molecule has 0 aliphatic heterocycles. The number of hydrogen-bond acceptors (Lipinski definition) is 9. The molecule has 11 N–H and O–H groups in total. The molecule has 3 rings (SSSR count). The van der Waals surface area contributed by atoms with Gasteiger partial charge in [0.1, 0.15) is 30.2 Å². The van der Waals surface area contributed by atoms with Crippen LogP contribution in [0.2, 0.25) is 0 Å². The minimum Gasteiger partial charge on any atom is -0.480 e. The maximum atomic E-state index is 13.6. The van der Waals surface area contributed by atoms with E-state index in [2.05, 4.69) is 26.6 Å². The number of primary amides is 2. The van der Waals surface area contributed by atoms with E-state index >= 15 is 0 Å². The van der Waals surface area contributed by atoms with Gasteiger partial charge < -0.3 is 48.3 Å². The second kappa shape index (κ2) is 32.2. The van der Waals surface area contributed by atoms with Gasteiger partial charge in [0, 0.05) is 25.7 Å². The number of carbonyl (C=O) groups is 8. The molecule has 7 amide bonds. The Kier molecular flexibility index (Phi) is 26.5. The monoisotopic (exact) mass is 956 g/mol. The van der Waals surface area contributed by atoms with Crippen LogP contribution in [0.3, 0.4) is 0 Å². The first-order chi connectivity index (χ1) is 33.1. The van der Waals surface area contributed by atoms with Crippen LogP contribution in [-0.4, -0.2) is 93.8 Å². The fourth-order valence-corrected chi connectivity index (χ4v) is 7.82. The first-order valence-corrected chi connectivity index (χ1v) is 24.2. The summed E-state index contributed by atoms with van der Waals surface area (Å²) >= 11 is 0. The Morgan fingerprint density at radius 3 is 1.30 bits per heavy atom. The van der Waals surface area contributed by atoms with Crippen molar-refractivity contribution >= 4 is 47.3 Å². The Morgan fingerprint density at radius 2 is 0.870 bits per heavy atom. The summed E-state index contributed by atoms with van der Waals surface area (Å²) in [6.45, 7) is 1.39. The Morgan fingerprint density at radius 1 is 0.478 bits per heavy atom. The Hall–Kier alpha value is -6.62. The van der Waals surface area contributed by atoms with Crippen LogP contribution in [0, 0.1) is 0 Å². The van der Waals surface area contributed by atoms with Gasteiger partial charge in [0.2, 0.25) is 41.4 Å². The lowest BCUT2D eigenvalue weighted by atomic mass is 10.0. The van der Waals surface area contributed by atoms with Gasteiger partial charge in [0.15, 0.2) is 0 Å². The van der Waals surface area contributed by atoms with E-state index in [-0.39, 0.29) is 38.0 Å². The van der Waals surface area contributed by atoms with E-state index in [4.69, 9.17) is 11.5 Å². The van der Waals surface area contributed by atoms with Crippen molar-refractivity contribution in [2.45, 2.75) is 165 Å². The fraction of sp³-hybridized carbons (Fsp3) is 0.500. The molecule has 17 nitrogen and oxygen atoms in total. The van der Waals surface area contributed by atoms with E-state index in [9.17, 15) is 48.6 Å². The zero-order valence-electron chi connectivity index (χ0n) is 39.9. The number of hydrogen-bond donors (Lipinski definition) is 9. The zero-order chi connectivity index (χ0) is 50.4. The lowest BCUT2D eigenvalue weighted by Crippen LogP contribution is -2.58. The lowest BCUT2D eigenvalue weighted by Gasteiger charge is -2.26. The Labute approximate surface area is 405 Å². The molecule has 17 heteroatoms. The average molecular weight is 956 g/mol. The molecule has 0 fully saturated rings. The third kappa shape index (κ3) is 23.8. The third-order valence-electron chi connectivity index (χ3n) is 11.7. The van der Waals surface area contributed by atoms with Crippen LogP contribution in [0.1, 0.15) is 126 Å². The molecular formula is C52H73N7O10. The Balaban J connectivity index is 1.30. The van der Waals surface area contributed by atoms with Crippen molar-refractivity contribution in [3.63, 3.8) is 0 Å². The van der Waals surface area contributed by atoms with Crippen molar-refractivity contribution in [2.75, 3.05) is 0 Å². The molecule has 6 atom stereocenters. The number of unbranched alkanes of at least 4 members (excludes halogenated alkanes) is 11. The topological polar surface area (TPSA) is 289 Å². The molecule has 0 bridgehead atoms. The van der Waals surface area contributed by atoms with E-state index in [1.807, 2.05) is 60.7 Å². The summed E-state index contributed by atoms with van der Waals surface area (Å²) in [6, 6.07) is 21.3. The predicted octanol–water partition coefficient (Wildman–Crippen LogP) is 3.82. The van der Waals surface area contributed by atoms with Crippen molar-refractivity contribution in [1.82, 2.24) is 26.6 Å². The van der Waals surface area contributed by atoms with Crippen molar-refractivity contribution in [2.24, 2.45) is 11.5 Å². The van der Waals surface area contributed by atoms with Crippen LogP contribution in [0.15, 0.2) is 91.0 Å². The predicted molar refractivity (Wildman–Crippen MR) is 262 cm³/mol. The molecule has 0 aliphatic rings. The van der Waals surface area contributed by atoms with Crippen LogP contribution in [0.25, 0.3) is 0 Å². The summed E-state index contributed by atoms with van der Waals surface area (Å²) in [5.41, 5.74) is 13.4. The zero-order valence-corrected chi connectivity index (χ0v) is 39.9. The number of rotatable bonds is 35. The highest BCUT2D eigenvalue weighted by Gasteiger charge is 2.32. The SMILES string of the molecule is C[C@H](O)[C@H](NC(=O)CCCCCCCCCCCCCCC(=O)N[C@@H](CC(N)=O)C(=O)N[C@@H](Cc1ccccc1)C(=O)O)C(=O)N[C@@H](CCc1ccccc1)C(=O)N[C@@H](Cc1ccccc1)C(N)=O. The fourth-order valence-electron chi connectivity index (χ4n) is 7.82. The van der Waals surface area contributed by atoms with Gasteiger partial charge in [-0.3, -0.25) is 33.6 Å². The molecule has 0 radical (unpaired) electrons. The summed E-state index contributed by atoms with van der Waals surface area (Å²) in [5.74, 6) is -5.70. The molecule has 3 aromatic rings. The number of carboxylic acids is 1. The number of amides is 7. The summed E-state index contributed by atoms with van der Waals surface area (Å²) < 4.78 is 0. The first-order valence-electron chi connectivity index (χ1n) is 24.2. The van der Waals surface area contributed by atoms with Gasteiger partial charge >= 0.3 is 5.97 Å². The largest absolute Gasteiger partial charge is 0.480 e. The normalized spacial score (nSPS) is 13.6. The van der Waals surface area contributed by atoms with Gasteiger partial charge in [0.05, 0.1) is 12.5 Å². The van der Waals surface area contributed by atoms with E-state index in [1.165, 1.54) is 6.92 Å². The summed E-state index contributed by atoms with van der Waals surface area (Å²) in [4.78, 5) is 101. The number of aliphatic hydroxyl groups excluding tert-OH is 1. The molecular weight excluding hydrogens is 883 g/mol. The summed E-state index contributed by atoms with van der Waals surface area (Å²) in [5, 5.41) is 33.1. The first kappa shape index (κ1) is 56.7. The molecule has 0 aromatic heterocycles. The highest BCUT2D eigenvalue weighted by molar-refractivity contribution is 5.95. The van der Waals surface area contributed by atoms with E-state index in [1.54, 1.807) is 30.3 Å². The van der Waals surface area contributed by atoms with E-state index in [0.717, 1.165) is 75.3 Å². The summed E-state index contributed by atoms with van der Waals surface area (Å²) in [7, 11) is 0. The standard InChI is InChI=1S/C52H73N7O10/c1-36(60)47(51(67)56-40(32-31-37-23-15-12-16-24-37)49(65)57-41(48(54)64)33-38-25-17-13-18-26-38)59-46(63)30-22-11-9-7-5-3-2-4-6-8-10-21-29-45(62)55-42(35-44(53)61)50(66)58-43(52(68)69)34-39-27-19-14-20-28-39/h12-20,23-28,36,40-43,47,60H,2-11,21-22,29-35H2,1H3,(H2,53,61)(H2,54,64)(H,55,62)(H,56,67)(H,57,65)(H,58,66)(H,59,63)(H,68,69)/t36-,40-,41-,42-,43-,47-/m0/s1. The van der Waals surface area contributed by atoms with Crippen LogP contribution < -0.4 is 38.1 Å². The molecule has 0 saturated carbocycles. The van der Waals surface area contributed by atoms with Gasteiger partial charge in [-0.25, -0.2) is 4.79 Å². The molecule has 0 spiro atoms. The molecule has 3 aromatic carbocycles. The number of aliphatic hydroxyl groups is 1.